The number of hydrogen-bond donors (Lipinski definition) is 0. The highest BCUT2D eigenvalue weighted by Crippen LogP contribution is 2.28. The molecule has 0 aromatic heterocycles. The van der Waals surface area contributed by atoms with Crippen LogP contribution in [0, 0.1) is 11.8 Å². The van der Waals surface area contributed by atoms with Crippen molar-refractivity contribution in [2.45, 2.75) is 43.9 Å². The minimum absolute atomic E-state index is 0.127. The fraction of sp³-hybridized carbons (Fsp3) is 0.481. The molecule has 7 nitrogen and oxygen atoms in total. The third kappa shape index (κ3) is 6.11. The van der Waals surface area contributed by atoms with Crippen LogP contribution in [0.15, 0.2) is 59.5 Å². The van der Waals surface area contributed by atoms with Crippen LogP contribution in [0.5, 0.6) is 0 Å². The summed E-state index contributed by atoms with van der Waals surface area (Å²) < 4.78 is 32.5. The van der Waals surface area contributed by atoms with Gasteiger partial charge in [-0.3, -0.25) is 4.79 Å². The summed E-state index contributed by atoms with van der Waals surface area (Å²) in [4.78, 5) is 27.1. The lowest BCUT2D eigenvalue weighted by atomic mass is 9.89. The first-order chi connectivity index (χ1) is 16.9. The molecule has 2 aliphatic heterocycles. The highest BCUT2D eigenvalue weighted by Gasteiger charge is 2.35. The molecule has 0 unspecified atom stereocenters. The van der Waals surface area contributed by atoms with E-state index in [4.69, 9.17) is 4.74 Å². The van der Waals surface area contributed by atoms with Gasteiger partial charge in [0.15, 0.2) is 0 Å². The monoisotopic (exact) mass is 498 g/mol. The lowest BCUT2D eigenvalue weighted by Gasteiger charge is -2.37. The van der Waals surface area contributed by atoms with Crippen molar-refractivity contribution in [3.05, 3.63) is 65.7 Å². The second kappa shape index (κ2) is 11.4. The van der Waals surface area contributed by atoms with Crippen molar-refractivity contribution < 1.29 is 22.7 Å². The van der Waals surface area contributed by atoms with Gasteiger partial charge in [-0.05, 0) is 74.8 Å². The van der Waals surface area contributed by atoms with Crippen LogP contribution in [-0.2, 0) is 26.0 Å². The van der Waals surface area contributed by atoms with Crippen molar-refractivity contribution in [1.82, 2.24) is 9.21 Å². The molecule has 0 radical (unpaired) electrons. The van der Waals surface area contributed by atoms with Crippen LogP contribution in [0.2, 0.25) is 0 Å². The van der Waals surface area contributed by atoms with E-state index in [9.17, 15) is 18.0 Å². The van der Waals surface area contributed by atoms with E-state index in [1.165, 1.54) is 34.1 Å². The number of piperidine rings is 2. The molecule has 0 atom stereocenters. The zero-order valence-electron chi connectivity index (χ0n) is 20.3. The number of esters is 1. The number of benzene rings is 2. The highest BCUT2D eigenvalue weighted by atomic mass is 32.2. The lowest BCUT2D eigenvalue weighted by Crippen LogP contribution is -2.46. The number of sulfonamides is 1. The Hall–Kier alpha value is -2.71. The summed E-state index contributed by atoms with van der Waals surface area (Å²) >= 11 is 0. The quantitative estimate of drug-likeness (QED) is 0.543. The Morgan fingerprint density at radius 3 is 2.11 bits per heavy atom. The molecule has 2 aromatic rings. The molecule has 1 amide bonds. The van der Waals surface area contributed by atoms with E-state index in [1.807, 2.05) is 11.0 Å². The van der Waals surface area contributed by atoms with Gasteiger partial charge < -0.3 is 9.64 Å². The summed E-state index contributed by atoms with van der Waals surface area (Å²) in [5.41, 5.74) is 1.67. The van der Waals surface area contributed by atoms with Gasteiger partial charge in [0, 0.05) is 32.1 Å². The number of carbonyl (C=O) groups is 2. The standard InChI is InChI=1S/C27H34N2O5S/c1-2-34-27(31)24-8-10-25(11-9-24)35(32,33)29-18-14-23(15-19-29)26(30)28-16-12-22(13-17-28)20-21-6-4-3-5-7-21/h3-11,22-23H,2,12-20H2,1H3. The molecule has 4 rings (SSSR count). The molecule has 2 saturated heterocycles. The highest BCUT2D eigenvalue weighted by molar-refractivity contribution is 7.89. The van der Waals surface area contributed by atoms with E-state index in [2.05, 4.69) is 24.3 Å². The van der Waals surface area contributed by atoms with Gasteiger partial charge in [-0.1, -0.05) is 30.3 Å². The molecule has 0 aliphatic carbocycles. The average Bonchev–Trinajstić information content (AvgIpc) is 2.89. The maximum Gasteiger partial charge on any atom is 0.338 e. The Morgan fingerprint density at radius 1 is 0.886 bits per heavy atom. The maximum atomic E-state index is 13.1. The topological polar surface area (TPSA) is 84.0 Å². The van der Waals surface area contributed by atoms with Gasteiger partial charge in [-0.2, -0.15) is 4.31 Å². The van der Waals surface area contributed by atoms with E-state index in [1.54, 1.807) is 6.92 Å². The first kappa shape index (κ1) is 25.4. The summed E-state index contributed by atoms with van der Waals surface area (Å²) in [6.07, 6.45) is 4.14. The summed E-state index contributed by atoms with van der Waals surface area (Å²) in [7, 11) is -3.67. The smallest absolute Gasteiger partial charge is 0.338 e. The molecular formula is C27H34N2O5S. The van der Waals surface area contributed by atoms with Crippen molar-refractivity contribution in [3.63, 3.8) is 0 Å². The van der Waals surface area contributed by atoms with E-state index >= 15 is 0 Å². The number of carbonyl (C=O) groups excluding carboxylic acids is 2. The zero-order chi connectivity index (χ0) is 24.8. The first-order valence-corrected chi connectivity index (χ1v) is 13.9. The molecule has 0 bridgehead atoms. The SMILES string of the molecule is CCOC(=O)c1ccc(S(=O)(=O)N2CCC(C(=O)N3CCC(Cc4ccccc4)CC3)CC2)cc1. The van der Waals surface area contributed by atoms with Crippen molar-refractivity contribution in [2.75, 3.05) is 32.8 Å². The predicted octanol–water partition coefficient (Wildman–Crippen LogP) is 3.75. The predicted molar refractivity (Wildman–Crippen MR) is 133 cm³/mol. The Labute approximate surface area is 208 Å². The molecule has 35 heavy (non-hydrogen) atoms. The minimum Gasteiger partial charge on any atom is -0.462 e. The molecule has 2 heterocycles. The number of rotatable bonds is 7. The zero-order valence-corrected chi connectivity index (χ0v) is 21.1. The molecule has 8 heteroatoms. The lowest BCUT2D eigenvalue weighted by molar-refractivity contribution is -0.138. The molecule has 2 fully saturated rings. The van der Waals surface area contributed by atoms with E-state index in [0.29, 0.717) is 37.4 Å². The largest absolute Gasteiger partial charge is 0.462 e. The van der Waals surface area contributed by atoms with Crippen LogP contribution >= 0.6 is 0 Å². The Morgan fingerprint density at radius 2 is 1.51 bits per heavy atom. The Balaban J connectivity index is 1.27. The fourth-order valence-electron chi connectivity index (χ4n) is 5.03. The molecule has 0 saturated carbocycles. The maximum absolute atomic E-state index is 13.1. The van der Waals surface area contributed by atoms with Crippen LogP contribution in [0.3, 0.4) is 0 Å². The average molecular weight is 499 g/mol. The first-order valence-electron chi connectivity index (χ1n) is 12.5. The fourth-order valence-corrected chi connectivity index (χ4v) is 6.50. The third-order valence-electron chi connectivity index (χ3n) is 7.10. The van der Waals surface area contributed by atoms with Crippen LogP contribution < -0.4 is 0 Å². The van der Waals surface area contributed by atoms with Gasteiger partial charge in [0.05, 0.1) is 17.1 Å². The van der Waals surface area contributed by atoms with E-state index in [-0.39, 0.29) is 23.3 Å². The number of nitrogens with zero attached hydrogens (tertiary/aromatic N) is 2. The summed E-state index contributed by atoms with van der Waals surface area (Å²) in [6, 6.07) is 16.3. The third-order valence-corrected chi connectivity index (χ3v) is 9.01. The van der Waals surface area contributed by atoms with Gasteiger partial charge in [0.2, 0.25) is 15.9 Å². The second-order valence-corrected chi connectivity index (χ2v) is 11.3. The van der Waals surface area contributed by atoms with Crippen LogP contribution in [0.25, 0.3) is 0 Å². The van der Waals surface area contributed by atoms with Gasteiger partial charge in [-0.15, -0.1) is 0 Å². The second-order valence-electron chi connectivity index (χ2n) is 9.38. The minimum atomic E-state index is -3.67. The normalized spacial score (nSPS) is 18.4. The number of likely N-dealkylation sites (tertiary alicyclic amines) is 1. The Bertz CT molecular complexity index is 1100. The number of ether oxygens (including phenoxy) is 1. The van der Waals surface area contributed by atoms with Crippen molar-refractivity contribution in [1.29, 1.82) is 0 Å². The summed E-state index contributed by atoms with van der Waals surface area (Å²) in [5, 5.41) is 0. The van der Waals surface area contributed by atoms with Gasteiger partial charge in [0.1, 0.15) is 0 Å². The summed E-state index contributed by atoms with van der Waals surface area (Å²) in [5.74, 6) is 0.167. The van der Waals surface area contributed by atoms with E-state index in [0.717, 1.165) is 32.4 Å². The van der Waals surface area contributed by atoms with Crippen LogP contribution in [0.1, 0.15) is 48.5 Å². The number of amides is 1. The van der Waals surface area contributed by atoms with Gasteiger partial charge >= 0.3 is 5.97 Å². The van der Waals surface area contributed by atoms with Crippen molar-refractivity contribution in [2.24, 2.45) is 11.8 Å². The molecule has 0 N–H and O–H groups in total. The molecule has 0 spiro atoms. The van der Waals surface area contributed by atoms with Crippen molar-refractivity contribution >= 4 is 21.9 Å². The van der Waals surface area contributed by atoms with Crippen molar-refractivity contribution in [3.8, 4) is 0 Å². The van der Waals surface area contributed by atoms with Gasteiger partial charge in [0.25, 0.3) is 0 Å². The summed E-state index contributed by atoms with van der Waals surface area (Å²) in [6.45, 7) is 4.19. The van der Waals surface area contributed by atoms with E-state index < -0.39 is 16.0 Å². The Kier molecular flexibility index (Phi) is 8.23. The molecule has 2 aliphatic rings. The number of hydrogen-bond acceptors (Lipinski definition) is 5. The van der Waals surface area contributed by atoms with Crippen LogP contribution in [-0.4, -0.2) is 62.3 Å². The van der Waals surface area contributed by atoms with Gasteiger partial charge in [-0.25, -0.2) is 13.2 Å². The molecule has 188 valence electrons. The van der Waals surface area contributed by atoms with Crippen LogP contribution in [0.4, 0.5) is 0 Å². The molecular weight excluding hydrogens is 464 g/mol. The molecule has 2 aromatic carbocycles.